The van der Waals surface area contributed by atoms with Gasteiger partial charge in [0.15, 0.2) is 0 Å². The fourth-order valence-corrected chi connectivity index (χ4v) is 6.12. The van der Waals surface area contributed by atoms with Gasteiger partial charge in [-0.05, 0) is 30.2 Å². The maximum atomic E-state index is 14.0. The van der Waals surface area contributed by atoms with Gasteiger partial charge in [-0.25, -0.2) is 4.79 Å². The highest BCUT2D eigenvalue weighted by atomic mass is 35.5. The van der Waals surface area contributed by atoms with Crippen LogP contribution in [0.25, 0.3) is 0 Å². The van der Waals surface area contributed by atoms with E-state index in [-0.39, 0.29) is 36.0 Å². The van der Waals surface area contributed by atoms with E-state index >= 15 is 0 Å². The molecule has 1 aromatic carbocycles. The lowest BCUT2D eigenvalue weighted by atomic mass is 9.84. The summed E-state index contributed by atoms with van der Waals surface area (Å²) < 4.78 is 15.6. The number of carbonyl (C=O) groups is 3. The number of nitrogens with one attached hydrogen (secondary N) is 2. The zero-order chi connectivity index (χ0) is 30.5. The Balaban J connectivity index is 1.84. The number of hydrogen-bond acceptors (Lipinski definition) is 8. The van der Waals surface area contributed by atoms with Crippen LogP contribution in [0.4, 0.5) is 0 Å². The van der Waals surface area contributed by atoms with Gasteiger partial charge in [-0.2, -0.15) is 0 Å². The number of ether oxygens (including phenoxy) is 3. The summed E-state index contributed by atoms with van der Waals surface area (Å²) in [6.07, 6.45) is 5.44. The molecule has 2 fully saturated rings. The third-order valence-electron chi connectivity index (χ3n) is 8.09. The summed E-state index contributed by atoms with van der Waals surface area (Å²) in [5, 5.41) is 23.6. The van der Waals surface area contributed by atoms with Crippen LogP contribution < -0.4 is 14.8 Å². The van der Waals surface area contributed by atoms with E-state index in [2.05, 4.69) is 5.32 Å². The zero-order valence-electron chi connectivity index (χ0n) is 25.0. The molecule has 1 aromatic rings. The second-order valence-corrected chi connectivity index (χ2v) is 12.8. The van der Waals surface area contributed by atoms with Crippen LogP contribution in [0.5, 0.6) is 11.5 Å². The summed E-state index contributed by atoms with van der Waals surface area (Å²) in [7, 11) is 4.14. The number of carbonyl (C=O) groups excluding carboxylic acids is 3. The highest BCUT2D eigenvalue weighted by molar-refractivity contribution is 6.32. The molecule has 1 aliphatic carbocycles. The fourth-order valence-electron chi connectivity index (χ4n) is 5.88. The first-order valence-electron chi connectivity index (χ1n) is 14.1. The molecule has 0 bridgehead atoms. The summed E-state index contributed by atoms with van der Waals surface area (Å²) in [5.74, 6) is -0.331. The van der Waals surface area contributed by atoms with Crippen LogP contribution >= 0.6 is 11.6 Å². The molecule has 1 saturated heterocycles. The summed E-state index contributed by atoms with van der Waals surface area (Å²) in [5.41, 5.74) is -1.91. The topological polar surface area (TPSA) is 138 Å². The molecule has 3 N–H and O–H groups in total. The lowest BCUT2D eigenvalue weighted by Gasteiger charge is -2.35. The Hall–Kier alpha value is -2.85. The third-order valence-corrected chi connectivity index (χ3v) is 8.39. The van der Waals surface area contributed by atoms with Gasteiger partial charge in [0.1, 0.15) is 23.6 Å². The number of aliphatic hydroxyl groups is 1. The molecule has 228 valence electrons. The summed E-state index contributed by atoms with van der Waals surface area (Å²) >= 11 is 6.29. The molecule has 1 saturated carbocycles. The number of methoxy groups -OCH3 is 3. The van der Waals surface area contributed by atoms with Gasteiger partial charge in [-0.15, -0.1) is 0 Å². The average Bonchev–Trinajstić information content (AvgIpc) is 3.27. The summed E-state index contributed by atoms with van der Waals surface area (Å²) in [4.78, 5) is 41.1. The first kappa shape index (κ1) is 32.7. The van der Waals surface area contributed by atoms with E-state index in [1.165, 1.54) is 38.7 Å². The maximum absolute atomic E-state index is 14.0. The minimum atomic E-state index is -1.61. The Morgan fingerprint density at radius 3 is 2.32 bits per heavy atom. The highest BCUT2D eigenvalue weighted by Gasteiger charge is 2.51. The van der Waals surface area contributed by atoms with Gasteiger partial charge in [0.2, 0.25) is 11.8 Å². The molecule has 0 aromatic heterocycles. The maximum Gasteiger partial charge on any atom is 0.328 e. The van der Waals surface area contributed by atoms with E-state index in [0.29, 0.717) is 29.4 Å². The van der Waals surface area contributed by atoms with E-state index < -0.39 is 35.0 Å². The predicted octanol–water partition coefficient (Wildman–Crippen LogP) is 4.12. The van der Waals surface area contributed by atoms with E-state index in [9.17, 15) is 19.5 Å². The number of amides is 2. The quantitative estimate of drug-likeness (QED) is 0.274. The molecule has 0 unspecified atom stereocenters. The minimum absolute atomic E-state index is 0.0139. The van der Waals surface area contributed by atoms with Crippen LogP contribution in [0.15, 0.2) is 12.1 Å². The number of benzene rings is 1. The predicted molar refractivity (Wildman–Crippen MR) is 156 cm³/mol. The van der Waals surface area contributed by atoms with Crippen LogP contribution in [0, 0.1) is 16.7 Å². The van der Waals surface area contributed by atoms with Crippen molar-refractivity contribution in [3.05, 3.63) is 22.7 Å². The van der Waals surface area contributed by atoms with Crippen LogP contribution in [0.3, 0.4) is 0 Å². The highest BCUT2D eigenvalue weighted by Crippen LogP contribution is 2.38. The number of halogens is 1. The monoisotopic (exact) mass is 593 g/mol. The Morgan fingerprint density at radius 2 is 1.76 bits per heavy atom. The van der Waals surface area contributed by atoms with Crippen molar-refractivity contribution in [2.24, 2.45) is 11.3 Å². The average molecular weight is 594 g/mol. The number of esters is 1. The molecule has 2 amide bonds. The van der Waals surface area contributed by atoms with Crippen molar-refractivity contribution in [1.29, 1.82) is 5.41 Å². The first-order chi connectivity index (χ1) is 19.2. The largest absolute Gasteiger partial charge is 0.496 e. The lowest BCUT2D eigenvalue weighted by Crippen LogP contribution is -2.57. The summed E-state index contributed by atoms with van der Waals surface area (Å²) in [6, 6.07) is 1.08. The lowest BCUT2D eigenvalue weighted by molar-refractivity contribution is -0.153. The molecule has 1 aliphatic heterocycles. The Kier molecular flexibility index (Phi) is 10.7. The second-order valence-electron chi connectivity index (χ2n) is 12.4. The number of rotatable bonds is 10. The molecule has 10 nitrogen and oxygen atoms in total. The van der Waals surface area contributed by atoms with Gasteiger partial charge in [0.25, 0.3) is 0 Å². The smallest absolute Gasteiger partial charge is 0.328 e. The van der Waals surface area contributed by atoms with Gasteiger partial charge in [0.05, 0.1) is 38.5 Å². The summed E-state index contributed by atoms with van der Waals surface area (Å²) in [6.45, 7) is 5.33. The van der Waals surface area contributed by atoms with E-state index in [1.54, 1.807) is 6.07 Å². The van der Waals surface area contributed by atoms with Crippen molar-refractivity contribution in [3.8, 4) is 11.5 Å². The Morgan fingerprint density at radius 1 is 1.12 bits per heavy atom. The second kappa shape index (κ2) is 13.4. The van der Waals surface area contributed by atoms with Gasteiger partial charge in [-0.1, -0.05) is 51.6 Å². The number of hydrogen-bond donors (Lipinski definition) is 3. The molecule has 3 atom stereocenters. The number of nitrogens with zero attached hydrogens (tertiary/aromatic N) is 1. The van der Waals surface area contributed by atoms with E-state index in [0.717, 1.165) is 25.7 Å². The molecule has 3 rings (SSSR count). The van der Waals surface area contributed by atoms with Gasteiger partial charge < -0.3 is 34.9 Å². The van der Waals surface area contributed by atoms with Crippen molar-refractivity contribution >= 4 is 35.1 Å². The number of β-amino-alcohol motifs (C(OH)–C–C–N with tert-alkyl or cyclic N) is 1. The van der Waals surface area contributed by atoms with Gasteiger partial charge in [-0.3, -0.25) is 9.59 Å². The molecule has 11 heteroatoms. The SMILES string of the molecule is COC(=O)[C@@H]1C[C@](O)(CC(=N)c2cc(Cl)c(OC)cc2OC)CN1C(=O)[C@@H](NC(=O)CC1CCCCC1)C(C)(C)C. The molecule has 2 aliphatic rings. The molecular weight excluding hydrogens is 550 g/mol. The molecular formula is C30H44ClN3O7. The van der Waals surface area contributed by atoms with Crippen LogP contribution in [0.1, 0.15) is 77.7 Å². The molecule has 0 spiro atoms. The van der Waals surface area contributed by atoms with E-state index in [1.807, 2.05) is 20.8 Å². The van der Waals surface area contributed by atoms with Gasteiger partial charge >= 0.3 is 5.97 Å². The Labute approximate surface area is 247 Å². The fraction of sp³-hybridized carbons (Fsp3) is 0.667. The molecule has 41 heavy (non-hydrogen) atoms. The van der Waals surface area contributed by atoms with Crippen molar-refractivity contribution in [3.63, 3.8) is 0 Å². The van der Waals surface area contributed by atoms with Crippen molar-refractivity contribution < 1.29 is 33.7 Å². The van der Waals surface area contributed by atoms with Crippen LogP contribution in [-0.2, 0) is 19.1 Å². The van der Waals surface area contributed by atoms with Crippen LogP contribution in [0.2, 0.25) is 5.02 Å². The van der Waals surface area contributed by atoms with E-state index in [4.69, 9.17) is 31.2 Å². The third kappa shape index (κ3) is 7.92. The first-order valence-corrected chi connectivity index (χ1v) is 14.5. The molecule has 0 radical (unpaired) electrons. The standard InChI is InChI=1S/C30H44ClN3O7/c1-29(2,3)26(33-25(35)12-18-10-8-7-9-11-18)27(36)34-17-30(38,16-22(34)28(37)41-6)15-21(32)19-13-20(31)24(40-5)14-23(19)39-4/h13-14,18,22,26,32,38H,7-12,15-17H2,1-6H3,(H,33,35)/t22-,26+,30+/m0/s1. The van der Waals surface area contributed by atoms with Gasteiger partial charge in [0, 0.05) is 36.6 Å². The van der Waals surface area contributed by atoms with Crippen LogP contribution in [-0.4, -0.2) is 79.1 Å². The minimum Gasteiger partial charge on any atom is -0.496 e. The van der Waals surface area contributed by atoms with Crippen molar-refractivity contribution in [2.45, 2.75) is 89.8 Å². The zero-order valence-corrected chi connectivity index (χ0v) is 25.7. The van der Waals surface area contributed by atoms with Crippen molar-refractivity contribution in [1.82, 2.24) is 10.2 Å². The Bertz CT molecular complexity index is 1150. The normalized spacial score (nSPS) is 22.1. The number of likely N-dealkylation sites (tertiary alicyclic amines) is 1. The van der Waals surface area contributed by atoms with Crippen molar-refractivity contribution in [2.75, 3.05) is 27.9 Å². The molecule has 1 heterocycles.